The van der Waals surface area contributed by atoms with E-state index >= 15 is 0 Å². The van der Waals surface area contributed by atoms with E-state index in [1.807, 2.05) is 12.1 Å². The molecule has 1 aromatic carbocycles. The molecule has 0 spiro atoms. The first-order valence-electron chi connectivity index (χ1n) is 6.29. The van der Waals surface area contributed by atoms with Gasteiger partial charge in [0.2, 0.25) is 0 Å². The number of carbonyl (C=O) groups excluding carboxylic acids is 1. The zero-order chi connectivity index (χ0) is 13.0. The molecule has 18 heavy (non-hydrogen) atoms. The van der Waals surface area contributed by atoms with E-state index < -0.39 is 0 Å². The zero-order valence-electron chi connectivity index (χ0n) is 10.4. The van der Waals surface area contributed by atoms with Crippen molar-refractivity contribution in [2.75, 3.05) is 0 Å². The summed E-state index contributed by atoms with van der Waals surface area (Å²) in [5, 5.41) is 4.27. The first-order chi connectivity index (χ1) is 8.66. The van der Waals surface area contributed by atoms with Gasteiger partial charge in [0.05, 0.1) is 0 Å². The molecule has 1 N–H and O–H groups in total. The van der Waals surface area contributed by atoms with Crippen molar-refractivity contribution in [3.8, 4) is 0 Å². The molecule has 1 aliphatic carbocycles. The van der Waals surface area contributed by atoms with Crippen molar-refractivity contribution < 1.29 is 4.79 Å². The van der Waals surface area contributed by atoms with Crippen LogP contribution in [0.4, 0.5) is 0 Å². The van der Waals surface area contributed by atoms with Gasteiger partial charge in [-0.15, -0.1) is 0 Å². The van der Waals surface area contributed by atoms with Crippen molar-refractivity contribution in [3.05, 3.63) is 34.3 Å². The Bertz CT molecular complexity index is 471. The Morgan fingerprint density at radius 2 is 2.28 bits per heavy atom. The number of benzene rings is 1. The highest BCUT2D eigenvalue weighted by Crippen LogP contribution is 2.20. The predicted molar refractivity (Wildman–Crippen MR) is 76.7 cm³/mol. The molecule has 1 fully saturated rings. The van der Waals surface area contributed by atoms with Crippen LogP contribution in [0.15, 0.2) is 33.8 Å². The summed E-state index contributed by atoms with van der Waals surface area (Å²) in [7, 11) is 0. The number of carbonyl (C=O) groups is 1. The number of rotatable bonds is 2. The molecule has 0 radical (unpaired) electrons. The average molecular weight is 309 g/mol. The zero-order valence-corrected chi connectivity index (χ0v) is 12.0. The molecular formula is C14H17BrN2O. The fourth-order valence-corrected chi connectivity index (χ4v) is 2.55. The summed E-state index contributed by atoms with van der Waals surface area (Å²) in [5.41, 5.74) is 4.39. The predicted octanol–water partition coefficient (Wildman–Crippen LogP) is 3.75. The van der Waals surface area contributed by atoms with Crippen molar-refractivity contribution >= 4 is 27.5 Å². The molecule has 96 valence electrons. The maximum Gasteiger partial charge on any atom is 0.271 e. The number of hydrogen-bond acceptors (Lipinski definition) is 2. The second-order valence-corrected chi connectivity index (χ2v) is 5.62. The minimum atomic E-state index is -0.151. The monoisotopic (exact) mass is 308 g/mol. The standard InChI is InChI=1S/C14H17BrN2O/c1-10-5-2-3-8-13(10)16-17-14(18)11-6-4-7-12(15)9-11/h4,6-7,9-10H,2-3,5,8H2,1H3,(H,17,18). The van der Waals surface area contributed by atoms with Crippen LogP contribution in [-0.2, 0) is 0 Å². The van der Waals surface area contributed by atoms with E-state index in [-0.39, 0.29) is 5.91 Å². The number of halogens is 1. The van der Waals surface area contributed by atoms with Gasteiger partial charge >= 0.3 is 0 Å². The van der Waals surface area contributed by atoms with Crippen LogP contribution in [0.3, 0.4) is 0 Å². The molecule has 1 unspecified atom stereocenters. The van der Waals surface area contributed by atoms with Gasteiger partial charge in [-0.3, -0.25) is 4.79 Å². The van der Waals surface area contributed by atoms with Crippen LogP contribution < -0.4 is 5.43 Å². The molecule has 2 rings (SSSR count). The fourth-order valence-electron chi connectivity index (χ4n) is 2.15. The summed E-state index contributed by atoms with van der Waals surface area (Å²) in [4.78, 5) is 11.9. The van der Waals surface area contributed by atoms with E-state index in [9.17, 15) is 4.79 Å². The molecule has 4 heteroatoms. The lowest BCUT2D eigenvalue weighted by atomic mass is 9.89. The number of nitrogens with one attached hydrogen (secondary N) is 1. The van der Waals surface area contributed by atoms with Crippen molar-refractivity contribution in [2.45, 2.75) is 32.6 Å². The highest BCUT2D eigenvalue weighted by atomic mass is 79.9. The third-order valence-electron chi connectivity index (χ3n) is 3.28. The summed E-state index contributed by atoms with van der Waals surface area (Å²) in [5.74, 6) is 0.336. The Kier molecular flexibility index (Phi) is 4.53. The van der Waals surface area contributed by atoms with Crippen LogP contribution in [0.25, 0.3) is 0 Å². The Labute approximate surface area is 116 Å². The smallest absolute Gasteiger partial charge is 0.267 e. The summed E-state index contributed by atoms with van der Waals surface area (Å²) in [6.45, 7) is 2.17. The molecule has 0 heterocycles. The first-order valence-corrected chi connectivity index (χ1v) is 7.08. The molecule has 0 aromatic heterocycles. The minimum absolute atomic E-state index is 0.151. The van der Waals surface area contributed by atoms with E-state index in [2.05, 4.69) is 33.4 Å². The quantitative estimate of drug-likeness (QED) is 0.831. The number of hydrogen-bond donors (Lipinski definition) is 1. The normalized spacial score (nSPS) is 21.9. The van der Waals surface area contributed by atoms with Crippen LogP contribution in [0.1, 0.15) is 43.0 Å². The molecule has 0 saturated heterocycles. The second-order valence-electron chi connectivity index (χ2n) is 4.70. The summed E-state index contributed by atoms with van der Waals surface area (Å²) >= 11 is 3.35. The number of hydrazone groups is 1. The van der Waals surface area contributed by atoms with Crippen molar-refractivity contribution in [1.82, 2.24) is 5.43 Å². The topological polar surface area (TPSA) is 41.5 Å². The van der Waals surface area contributed by atoms with Crippen molar-refractivity contribution in [1.29, 1.82) is 0 Å². The van der Waals surface area contributed by atoms with Gasteiger partial charge in [-0.2, -0.15) is 5.10 Å². The summed E-state index contributed by atoms with van der Waals surface area (Å²) < 4.78 is 0.897. The van der Waals surface area contributed by atoms with Gasteiger partial charge < -0.3 is 0 Å². The van der Waals surface area contributed by atoms with Crippen LogP contribution in [-0.4, -0.2) is 11.6 Å². The molecule has 1 saturated carbocycles. The van der Waals surface area contributed by atoms with E-state index in [1.54, 1.807) is 12.1 Å². The molecule has 1 aromatic rings. The van der Waals surface area contributed by atoms with Crippen LogP contribution >= 0.6 is 15.9 Å². The second kappa shape index (κ2) is 6.14. The number of nitrogens with zero attached hydrogens (tertiary/aromatic N) is 1. The Morgan fingerprint density at radius 1 is 1.44 bits per heavy atom. The van der Waals surface area contributed by atoms with E-state index in [1.165, 1.54) is 19.3 Å². The average Bonchev–Trinajstić information content (AvgIpc) is 2.37. The van der Waals surface area contributed by atoms with Crippen LogP contribution in [0.5, 0.6) is 0 Å². The van der Waals surface area contributed by atoms with E-state index in [0.717, 1.165) is 16.6 Å². The van der Waals surface area contributed by atoms with Gasteiger partial charge in [-0.1, -0.05) is 35.3 Å². The first kappa shape index (κ1) is 13.3. The maximum absolute atomic E-state index is 11.9. The summed E-state index contributed by atoms with van der Waals surface area (Å²) in [6, 6.07) is 7.31. The van der Waals surface area contributed by atoms with Crippen LogP contribution in [0, 0.1) is 5.92 Å². The molecule has 0 aliphatic heterocycles. The fraction of sp³-hybridized carbons (Fsp3) is 0.429. The lowest BCUT2D eigenvalue weighted by Crippen LogP contribution is -2.24. The van der Waals surface area contributed by atoms with E-state index in [4.69, 9.17) is 0 Å². The largest absolute Gasteiger partial charge is 0.271 e. The van der Waals surface area contributed by atoms with Gasteiger partial charge in [-0.25, -0.2) is 5.43 Å². The Hall–Kier alpha value is -1.16. The molecule has 1 amide bonds. The maximum atomic E-state index is 11.9. The third kappa shape index (κ3) is 3.42. The SMILES string of the molecule is CC1CCCCC1=NNC(=O)c1cccc(Br)c1. The molecule has 1 atom stereocenters. The van der Waals surface area contributed by atoms with Gasteiger partial charge in [-0.05, 0) is 43.4 Å². The lowest BCUT2D eigenvalue weighted by Gasteiger charge is -2.19. The lowest BCUT2D eigenvalue weighted by molar-refractivity contribution is 0.0954. The Balaban J connectivity index is 2.01. The van der Waals surface area contributed by atoms with Gasteiger partial charge in [0.15, 0.2) is 0 Å². The molecular weight excluding hydrogens is 292 g/mol. The van der Waals surface area contributed by atoms with Crippen LogP contribution in [0.2, 0.25) is 0 Å². The number of amides is 1. The van der Waals surface area contributed by atoms with E-state index in [0.29, 0.717) is 11.5 Å². The Morgan fingerprint density at radius 3 is 3.00 bits per heavy atom. The van der Waals surface area contributed by atoms with Crippen molar-refractivity contribution in [2.24, 2.45) is 11.0 Å². The summed E-state index contributed by atoms with van der Waals surface area (Å²) in [6.07, 6.45) is 4.61. The molecule has 1 aliphatic rings. The minimum Gasteiger partial charge on any atom is -0.267 e. The third-order valence-corrected chi connectivity index (χ3v) is 3.77. The van der Waals surface area contributed by atoms with Gasteiger partial charge in [0, 0.05) is 15.7 Å². The molecule has 3 nitrogen and oxygen atoms in total. The molecule has 0 bridgehead atoms. The van der Waals surface area contributed by atoms with Gasteiger partial charge in [0.25, 0.3) is 5.91 Å². The van der Waals surface area contributed by atoms with Crippen molar-refractivity contribution in [3.63, 3.8) is 0 Å². The highest BCUT2D eigenvalue weighted by molar-refractivity contribution is 9.10. The highest BCUT2D eigenvalue weighted by Gasteiger charge is 2.16. The van der Waals surface area contributed by atoms with Gasteiger partial charge in [0.1, 0.15) is 0 Å².